The van der Waals surface area contributed by atoms with Gasteiger partial charge in [0.2, 0.25) is 0 Å². The molecule has 0 aliphatic heterocycles. The number of benzene rings is 4. The van der Waals surface area contributed by atoms with E-state index in [0.29, 0.717) is 5.75 Å². The van der Waals surface area contributed by atoms with E-state index >= 15 is 0 Å². The highest BCUT2D eigenvalue weighted by Crippen LogP contribution is 2.35. The van der Waals surface area contributed by atoms with Gasteiger partial charge in [0.15, 0.2) is 26.9 Å². The largest absolute Gasteiger partial charge is 0.481 e. The Morgan fingerprint density at radius 1 is 0.795 bits per heavy atom. The maximum atomic E-state index is 13.7. The molecule has 0 unspecified atom stereocenters. The van der Waals surface area contributed by atoms with Gasteiger partial charge in [-0.2, -0.15) is 0 Å². The van der Waals surface area contributed by atoms with Crippen molar-refractivity contribution in [1.82, 2.24) is 0 Å². The van der Waals surface area contributed by atoms with Crippen LogP contribution < -0.4 is 4.74 Å². The minimum atomic E-state index is -0.983. The van der Waals surface area contributed by atoms with Crippen LogP contribution in [0.15, 0.2) is 106 Å². The first-order chi connectivity index (χ1) is 18.6. The smallest absolute Gasteiger partial charge is 0.345 e. The third kappa shape index (κ3) is 7.49. The van der Waals surface area contributed by atoms with Crippen molar-refractivity contribution in [1.29, 1.82) is 0 Å². The molecule has 0 saturated carbocycles. The molecule has 0 fully saturated rings. The Labute approximate surface area is 231 Å². The molecule has 0 N–H and O–H groups in total. The van der Waals surface area contributed by atoms with Gasteiger partial charge in [-0.25, -0.2) is 13.6 Å². The normalized spacial score (nSPS) is 11.1. The molecule has 0 aromatic heterocycles. The van der Waals surface area contributed by atoms with E-state index in [2.05, 4.69) is 11.8 Å². The van der Waals surface area contributed by atoms with Crippen LogP contribution in [0.25, 0.3) is 0 Å². The quantitative estimate of drug-likeness (QED) is 0.138. The van der Waals surface area contributed by atoms with E-state index in [1.54, 1.807) is 38.1 Å². The van der Waals surface area contributed by atoms with Crippen molar-refractivity contribution < 1.29 is 23.0 Å². The fraction of sp³-hybridized carbons (Fsp3) is 0.182. The summed E-state index contributed by atoms with van der Waals surface area (Å²) in [6, 6.07) is 26.1. The lowest BCUT2D eigenvalue weighted by molar-refractivity contribution is -0.154. The molecule has 4 rings (SSSR count). The van der Waals surface area contributed by atoms with Crippen LogP contribution in [0.4, 0.5) is 8.78 Å². The Balaban J connectivity index is 1.52. The topological polar surface area (TPSA) is 35.5 Å². The summed E-state index contributed by atoms with van der Waals surface area (Å²) in [5.41, 5.74) is 1.53. The van der Waals surface area contributed by atoms with Gasteiger partial charge in [0, 0.05) is 17.7 Å². The highest BCUT2D eigenvalue weighted by molar-refractivity contribution is 7.97. The zero-order chi connectivity index (χ0) is 28.0. The minimum Gasteiger partial charge on any atom is -0.481 e. The molecular weight excluding hydrogens is 514 g/mol. The molecule has 3 nitrogen and oxygen atoms in total. The van der Waals surface area contributed by atoms with Gasteiger partial charge in [-0.05, 0) is 99.5 Å². The van der Waals surface area contributed by atoms with E-state index in [9.17, 15) is 13.6 Å². The second-order valence-corrected chi connectivity index (χ2v) is 11.5. The number of hydrogen-bond acceptors (Lipinski definition) is 3. The van der Waals surface area contributed by atoms with Gasteiger partial charge >= 0.3 is 5.97 Å². The number of aryl methyl sites for hydroxylation is 2. The molecule has 0 aliphatic carbocycles. The minimum absolute atomic E-state index is 0.265. The second-order valence-electron chi connectivity index (χ2n) is 9.49. The van der Waals surface area contributed by atoms with Crippen molar-refractivity contribution in [2.45, 2.75) is 48.0 Å². The summed E-state index contributed by atoms with van der Waals surface area (Å²) in [4.78, 5) is 15.4. The van der Waals surface area contributed by atoms with Crippen LogP contribution in [0, 0.1) is 37.3 Å². The van der Waals surface area contributed by atoms with Crippen molar-refractivity contribution in [2.75, 3.05) is 6.61 Å². The number of esters is 1. The predicted molar refractivity (Wildman–Crippen MR) is 150 cm³/mol. The molecule has 0 atom stereocenters. The first-order valence-corrected chi connectivity index (χ1v) is 13.6. The van der Waals surface area contributed by atoms with Gasteiger partial charge in [0.1, 0.15) is 17.4 Å². The van der Waals surface area contributed by atoms with Crippen molar-refractivity contribution >= 4 is 16.9 Å². The summed E-state index contributed by atoms with van der Waals surface area (Å²) in [5.74, 6) is 5.44. The standard InChI is InChI=1S/C33H29F2O3S/c1-23-20-30(39(28-14-10-26(34)11-15-28)29-16-12-27(35)13-17-29)21-24(2)32(23)37-22-31(36)38-33(3,4)19-18-25-8-6-5-7-9-25/h5-17,20-21H,22H2,1-4H3/q+1. The summed E-state index contributed by atoms with van der Waals surface area (Å²) in [6.07, 6.45) is 0. The Hall–Kier alpha value is -4.08. The fourth-order valence-corrected chi connectivity index (χ4v) is 6.24. The molecule has 0 aliphatic rings. The molecule has 0 spiro atoms. The van der Waals surface area contributed by atoms with Crippen LogP contribution in [0.1, 0.15) is 30.5 Å². The zero-order valence-corrected chi connectivity index (χ0v) is 23.1. The van der Waals surface area contributed by atoms with Crippen LogP contribution in [-0.4, -0.2) is 18.2 Å². The van der Waals surface area contributed by atoms with Crippen molar-refractivity contribution in [3.05, 3.63) is 119 Å². The number of hydrogen-bond donors (Lipinski definition) is 0. The highest BCUT2D eigenvalue weighted by atomic mass is 32.2. The van der Waals surface area contributed by atoms with E-state index in [0.717, 1.165) is 31.4 Å². The molecule has 4 aromatic rings. The Morgan fingerprint density at radius 2 is 1.31 bits per heavy atom. The van der Waals surface area contributed by atoms with Gasteiger partial charge in [-0.15, -0.1) is 0 Å². The summed E-state index contributed by atoms with van der Waals surface area (Å²) < 4.78 is 38.8. The molecule has 0 amide bonds. The van der Waals surface area contributed by atoms with Crippen LogP contribution in [-0.2, 0) is 20.4 Å². The second kappa shape index (κ2) is 12.2. The number of ether oxygens (including phenoxy) is 2. The number of halogens is 2. The lowest BCUT2D eigenvalue weighted by Gasteiger charge is -2.20. The van der Waals surface area contributed by atoms with Gasteiger partial charge < -0.3 is 9.47 Å². The number of rotatable bonds is 7. The summed E-state index contributed by atoms with van der Waals surface area (Å²) in [5, 5.41) is 0. The third-order valence-electron chi connectivity index (χ3n) is 5.75. The Morgan fingerprint density at radius 3 is 1.82 bits per heavy atom. The van der Waals surface area contributed by atoms with Crippen molar-refractivity contribution in [2.24, 2.45) is 0 Å². The van der Waals surface area contributed by atoms with E-state index in [-0.39, 0.29) is 18.2 Å². The molecule has 39 heavy (non-hydrogen) atoms. The predicted octanol–water partition coefficient (Wildman–Crippen LogP) is 7.43. The van der Waals surface area contributed by atoms with Crippen LogP contribution in [0.3, 0.4) is 0 Å². The lowest BCUT2D eigenvalue weighted by atomic mass is 10.1. The summed E-state index contributed by atoms with van der Waals surface area (Å²) in [6.45, 7) is 7.02. The molecule has 0 saturated heterocycles. The van der Waals surface area contributed by atoms with E-state index in [1.807, 2.05) is 56.3 Å². The number of carbonyl (C=O) groups excluding carboxylic acids is 1. The monoisotopic (exact) mass is 543 g/mol. The Bertz CT molecular complexity index is 1430. The first-order valence-electron chi connectivity index (χ1n) is 12.4. The summed E-state index contributed by atoms with van der Waals surface area (Å²) >= 11 is 0. The average molecular weight is 544 g/mol. The van der Waals surface area contributed by atoms with Crippen molar-refractivity contribution in [3.63, 3.8) is 0 Å². The zero-order valence-electron chi connectivity index (χ0n) is 22.3. The number of carbonyl (C=O) groups is 1. The molecule has 6 heteroatoms. The van der Waals surface area contributed by atoms with Crippen LogP contribution >= 0.6 is 0 Å². The maximum Gasteiger partial charge on any atom is 0.345 e. The van der Waals surface area contributed by atoms with Crippen molar-refractivity contribution in [3.8, 4) is 17.6 Å². The van der Waals surface area contributed by atoms with E-state index in [4.69, 9.17) is 9.47 Å². The molecular formula is C33H29F2O3S+. The first kappa shape index (κ1) is 27.9. The molecule has 4 aromatic carbocycles. The van der Waals surface area contributed by atoms with Gasteiger partial charge in [0.25, 0.3) is 0 Å². The maximum absolute atomic E-state index is 13.7. The molecule has 198 valence electrons. The fourth-order valence-electron chi connectivity index (χ4n) is 4.02. The molecule has 0 radical (unpaired) electrons. The van der Waals surface area contributed by atoms with E-state index < -0.39 is 22.5 Å². The van der Waals surface area contributed by atoms with Gasteiger partial charge in [-0.3, -0.25) is 0 Å². The van der Waals surface area contributed by atoms with Crippen LogP contribution in [0.2, 0.25) is 0 Å². The van der Waals surface area contributed by atoms with Crippen LogP contribution in [0.5, 0.6) is 5.75 Å². The molecule has 0 heterocycles. The SMILES string of the molecule is Cc1cc([S+](c2ccc(F)cc2)c2ccc(F)cc2)cc(C)c1OCC(=O)OC(C)(C)C#Cc1ccccc1. The van der Waals surface area contributed by atoms with Gasteiger partial charge in [-0.1, -0.05) is 30.0 Å². The Kier molecular flexibility index (Phi) is 8.73. The average Bonchev–Trinajstić information content (AvgIpc) is 2.90. The van der Waals surface area contributed by atoms with Gasteiger partial charge in [0.05, 0.1) is 10.9 Å². The molecule has 0 bridgehead atoms. The third-order valence-corrected chi connectivity index (χ3v) is 7.95. The van der Waals surface area contributed by atoms with E-state index in [1.165, 1.54) is 24.3 Å². The lowest BCUT2D eigenvalue weighted by Crippen LogP contribution is -2.29. The summed E-state index contributed by atoms with van der Waals surface area (Å²) in [7, 11) is -0.600. The highest BCUT2D eigenvalue weighted by Gasteiger charge is 2.30.